The van der Waals surface area contributed by atoms with Gasteiger partial charge in [-0.25, -0.2) is 24.5 Å². The number of aromatic nitrogens is 10. The van der Waals surface area contributed by atoms with Crippen LogP contribution < -0.4 is 18.8 Å². The van der Waals surface area contributed by atoms with E-state index in [2.05, 4.69) is 228 Å². The number of hydrogen-bond donors (Lipinski definition) is 0. The van der Waals surface area contributed by atoms with Crippen LogP contribution in [-0.4, -0.2) is 52.0 Å². The fourth-order valence-electron chi connectivity index (χ4n) is 15.8. The van der Waals surface area contributed by atoms with E-state index in [9.17, 15) is 0 Å². The lowest BCUT2D eigenvalue weighted by atomic mass is 10.0. The van der Waals surface area contributed by atoms with Gasteiger partial charge in [0.25, 0.3) is 5.82 Å². The quantitative estimate of drug-likeness (QED) is 0.150. The summed E-state index contributed by atoms with van der Waals surface area (Å²) in [7, 11) is 8.29. The second-order valence-electron chi connectivity index (χ2n) is 29.0. The number of rotatable bonds is 5. The number of hydrogen-bond acceptors (Lipinski definition) is 14. The van der Waals surface area contributed by atoms with E-state index in [4.69, 9.17) is 31.5 Å². The Morgan fingerprint density at radius 3 is 1.50 bits per heavy atom. The molecule has 18 nitrogen and oxygen atoms in total. The summed E-state index contributed by atoms with van der Waals surface area (Å²) in [6, 6.07) is 53.0. The number of imidazole rings is 1. The highest BCUT2D eigenvalue weighted by atomic mass is 32.1. The first kappa shape index (κ1) is 67.0. The van der Waals surface area contributed by atoms with Crippen molar-refractivity contribution in [2.24, 2.45) is 21.1 Å². The van der Waals surface area contributed by atoms with Crippen LogP contribution in [0.15, 0.2) is 215 Å². The van der Waals surface area contributed by atoms with E-state index in [0.29, 0.717) is 17.1 Å². The number of nitrogens with zero attached hydrogens (tertiary/aromatic N) is 12. The molecule has 0 saturated heterocycles. The van der Waals surface area contributed by atoms with Crippen molar-refractivity contribution < 1.29 is 40.4 Å². The number of anilines is 1. The molecule has 0 aliphatic carbocycles. The zero-order valence-electron chi connectivity index (χ0n) is 63.1. The topological polar surface area (TPSA) is 163 Å². The Morgan fingerprint density at radius 1 is 0.404 bits per heavy atom. The molecule has 0 unspecified atom stereocenters. The summed E-state index contributed by atoms with van der Waals surface area (Å²) in [5.74, 6) is 1.21. The Morgan fingerprint density at radius 2 is 0.908 bits per heavy atom. The number of pyridine rings is 4. The van der Waals surface area contributed by atoms with Crippen LogP contribution in [0.3, 0.4) is 0 Å². The van der Waals surface area contributed by atoms with Crippen LogP contribution in [0.5, 0.6) is 0 Å². The van der Waals surface area contributed by atoms with Crippen molar-refractivity contribution in [3.8, 4) is 28.5 Å². The molecule has 538 valence electrons. The standard InChI is InChI=1S/C31H26N3S2.C20H19N3O2.2C19H16N3O2/c1-17-9-8-10-18(2)27(17)34-25-12-7-6-11-24(25)33(5)31(34)22-16-26-23(15-19(22)3)29-28(35-26)21-14-13-20(4)32-30(21)36-29;1-11-5-7-14-17(16(11)23-10-9-22(4)13(23)3)24-19-15-8-6-12(2)21-20(15)25-18(14)19;1-11-5-7-13-16(15(11)22-10-4-9-21(22)3)23-18-14-8-6-12(2)20-19(14)24-17(13)18;1-11-9-14-16(10-15(11)22-8-4-7-21(22)3)23-17-13-6-5-12(2)20-19(13)24-18(14)17/h6-16H,1-5H3;5-10,13H,1-4H3;2*4-10H,1-3H3/q+1;;2*+1/t;13-;;/m.0../s1. The van der Waals surface area contributed by atoms with Crippen molar-refractivity contribution in [2.75, 3.05) is 11.9 Å². The molecule has 15 aromatic heterocycles. The van der Waals surface area contributed by atoms with E-state index < -0.39 is 0 Å². The van der Waals surface area contributed by atoms with E-state index >= 15 is 0 Å². The minimum atomic E-state index is 0.238. The summed E-state index contributed by atoms with van der Waals surface area (Å²) in [6.07, 6.45) is 12.5. The van der Waals surface area contributed by atoms with Crippen molar-refractivity contribution in [2.45, 2.75) is 82.3 Å². The number of para-hydroxylation sites is 3. The molecular formula is C89H77N12O6S2+3. The molecule has 0 saturated carbocycles. The first-order chi connectivity index (χ1) is 52.7. The van der Waals surface area contributed by atoms with Crippen LogP contribution in [0.25, 0.3) is 169 Å². The fourth-order valence-corrected chi connectivity index (χ4v) is 18.5. The molecule has 0 spiro atoms. The molecule has 20 heteroatoms. The minimum Gasteiger partial charge on any atom is -0.452 e. The third-order valence-electron chi connectivity index (χ3n) is 21.5. The molecular weight excluding hydrogens is 1400 g/mol. The largest absolute Gasteiger partial charge is 0.452 e. The summed E-state index contributed by atoms with van der Waals surface area (Å²) < 4.78 is 53.8. The maximum Gasteiger partial charge on any atom is 0.295 e. The van der Waals surface area contributed by atoms with Gasteiger partial charge in [-0.05, 0) is 201 Å². The summed E-state index contributed by atoms with van der Waals surface area (Å²) in [5, 5.41) is 8.30. The van der Waals surface area contributed by atoms with Crippen LogP contribution in [0.2, 0.25) is 0 Å². The summed E-state index contributed by atoms with van der Waals surface area (Å²) >= 11 is 3.72. The first-order valence-electron chi connectivity index (χ1n) is 36.4. The van der Waals surface area contributed by atoms with Crippen molar-refractivity contribution in [1.29, 1.82) is 0 Å². The van der Waals surface area contributed by atoms with Crippen LogP contribution >= 0.6 is 22.7 Å². The third kappa shape index (κ3) is 10.6. The van der Waals surface area contributed by atoms with Crippen LogP contribution in [0.4, 0.5) is 5.69 Å². The number of furan rings is 6. The molecule has 1 atom stereocenters. The van der Waals surface area contributed by atoms with Crippen molar-refractivity contribution in [3.63, 3.8) is 0 Å². The molecule has 22 rings (SSSR count). The predicted octanol–water partition coefficient (Wildman–Crippen LogP) is 21.2. The highest BCUT2D eigenvalue weighted by Crippen LogP contribution is 2.48. The minimum absolute atomic E-state index is 0.238. The molecule has 6 aromatic carbocycles. The number of fused-ring (bicyclic) bond motifs is 21. The van der Waals surface area contributed by atoms with Crippen molar-refractivity contribution >= 4 is 169 Å². The first-order valence-corrected chi connectivity index (χ1v) is 38.1. The van der Waals surface area contributed by atoms with Crippen LogP contribution in [0, 0.1) is 69.2 Å². The highest BCUT2D eigenvalue weighted by molar-refractivity contribution is 7.36. The molecule has 1 aliphatic heterocycles. The Labute approximate surface area is 633 Å². The maximum atomic E-state index is 6.33. The van der Waals surface area contributed by atoms with E-state index in [0.717, 1.165) is 138 Å². The fraction of sp³-hybridized carbons (Fsp3) is 0.180. The zero-order chi connectivity index (χ0) is 74.9. The molecule has 0 amide bonds. The Kier molecular flexibility index (Phi) is 15.5. The highest BCUT2D eigenvalue weighted by Gasteiger charge is 2.32. The molecule has 21 aromatic rings. The molecule has 0 N–H and O–H groups in total. The summed E-state index contributed by atoms with van der Waals surface area (Å²) in [5.41, 5.74) is 28.4. The van der Waals surface area contributed by atoms with Gasteiger partial charge in [-0.3, -0.25) is 0 Å². The number of aryl methyl sites for hydroxylation is 13. The average molecular weight is 1470 g/mol. The van der Waals surface area contributed by atoms with Gasteiger partial charge in [-0.15, -0.1) is 41.4 Å². The molecule has 16 heterocycles. The monoisotopic (exact) mass is 1470 g/mol. The number of thiophene rings is 2. The second-order valence-corrected chi connectivity index (χ2v) is 31.0. The van der Waals surface area contributed by atoms with Crippen molar-refractivity contribution in [1.82, 2.24) is 38.8 Å². The normalized spacial score (nSPS) is 13.3. The van der Waals surface area contributed by atoms with Gasteiger partial charge in [-0.1, -0.05) is 42.5 Å². The Bertz CT molecular complexity index is 7360. The lowest BCUT2D eigenvalue weighted by Gasteiger charge is -2.28. The Hall–Kier alpha value is -12.7. The van der Waals surface area contributed by atoms with Gasteiger partial charge in [0, 0.05) is 75.9 Å². The maximum absolute atomic E-state index is 6.33. The van der Waals surface area contributed by atoms with E-state index in [1.807, 2.05) is 140 Å². The molecule has 0 fully saturated rings. The molecule has 0 radical (unpaired) electrons. The Balaban J connectivity index is 0.000000100. The van der Waals surface area contributed by atoms with Gasteiger partial charge in [0.1, 0.15) is 28.0 Å². The second kappa shape index (κ2) is 25.2. The van der Waals surface area contributed by atoms with Gasteiger partial charge in [-0.2, -0.15) is 4.57 Å². The van der Waals surface area contributed by atoms with E-state index in [1.165, 1.54) is 75.2 Å². The smallest absolute Gasteiger partial charge is 0.295 e. The lowest BCUT2D eigenvalue weighted by Crippen LogP contribution is -2.37. The van der Waals surface area contributed by atoms with Gasteiger partial charge in [0.2, 0.25) is 17.1 Å². The number of benzene rings is 6. The van der Waals surface area contributed by atoms with Gasteiger partial charge in [0.15, 0.2) is 87.9 Å². The third-order valence-corrected chi connectivity index (χ3v) is 24.0. The van der Waals surface area contributed by atoms with Crippen LogP contribution in [-0.2, 0) is 21.1 Å². The summed E-state index contributed by atoms with van der Waals surface area (Å²) in [4.78, 5) is 23.7. The average Bonchev–Trinajstić information content (AvgIpc) is 1.59. The van der Waals surface area contributed by atoms with Gasteiger partial charge in [0.05, 0.1) is 72.4 Å². The SMILES string of the molecule is Cc1ccc2c(n1)oc1c3cc(C)c(-n4ccc[n+]4C)cc3oc21.Cc1ccc2c(n1)oc1c3ccc(C)c(-n4ccc[n+]4C)c3oc21.Cc1ccc2c(n1)oc1c3ccc(C)c(N4C=CN(C)[C@@H]4C)c3oc21.Cc1ccc2c(n1)sc1c3cc(C)c(-c4n(-c5c(C)cccc5C)c5ccccc5[n+]4C)cc3sc21. The van der Waals surface area contributed by atoms with Crippen LogP contribution in [0.1, 0.15) is 63.1 Å². The lowest BCUT2D eigenvalue weighted by molar-refractivity contribution is -0.744. The summed E-state index contributed by atoms with van der Waals surface area (Å²) in [6.45, 7) is 23.1. The van der Waals surface area contributed by atoms with Crippen molar-refractivity contribution in [3.05, 3.63) is 245 Å². The van der Waals surface area contributed by atoms with E-state index in [-0.39, 0.29) is 6.17 Å². The zero-order valence-corrected chi connectivity index (χ0v) is 64.7. The molecule has 1 aliphatic rings. The van der Waals surface area contributed by atoms with E-state index in [1.54, 1.807) is 0 Å². The molecule has 0 bridgehead atoms. The van der Waals surface area contributed by atoms with Gasteiger partial charge >= 0.3 is 0 Å². The van der Waals surface area contributed by atoms with Gasteiger partial charge < -0.3 is 36.3 Å². The molecule has 109 heavy (non-hydrogen) atoms. The predicted molar refractivity (Wildman–Crippen MR) is 437 cm³/mol.